The predicted octanol–water partition coefficient (Wildman–Crippen LogP) is 4.28. The van der Waals surface area contributed by atoms with E-state index in [1.807, 2.05) is 13.0 Å². The molecule has 1 saturated carbocycles. The molecule has 0 bridgehead atoms. The first-order valence-corrected chi connectivity index (χ1v) is 7.20. The van der Waals surface area contributed by atoms with E-state index >= 15 is 0 Å². The summed E-state index contributed by atoms with van der Waals surface area (Å²) >= 11 is -0.0409. The average Bonchev–Trinajstić information content (AvgIpc) is 3.04. The van der Waals surface area contributed by atoms with Crippen LogP contribution in [-0.4, -0.2) is 12.1 Å². The molecule has 5 heteroatoms. The lowest BCUT2D eigenvalue weighted by molar-refractivity contribution is -0.0328. The number of benzene rings is 1. The molecule has 0 atom stereocenters. The van der Waals surface area contributed by atoms with Gasteiger partial charge in [-0.15, -0.1) is 0 Å². The zero-order valence-electron chi connectivity index (χ0n) is 10.9. The third-order valence-corrected chi connectivity index (χ3v) is 4.38. The topological polar surface area (TPSA) is 26.0 Å². The Morgan fingerprint density at radius 3 is 2.47 bits per heavy atom. The normalized spacial score (nSPS) is 17.5. The molecule has 1 aromatic rings. The lowest BCUT2D eigenvalue weighted by Crippen LogP contribution is -2.16. The first-order valence-electron chi connectivity index (χ1n) is 6.38. The van der Waals surface area contributed by atoms with Crippen molar-refractivity contribution in [1.29, 1.82) is 0 Å². The fourth-order valence-corrected chi connectivity index (χ4v) is 3.03. The van der Waals surface area contributed by atoms with Crippen LogP contribution in [0.2, 0.25) is 0 Å². The number of hydrogen-bond acceptors (Lipinski definition) is 2. The SMILES string of the molecule is Cc1cc(CCC2(CN)CC2)cc(SC(F)(F)F)c1. The summed E-state index contributed by atoms with van der Waals surface area (Å²) in [7, 11) is 0. The van der Waals surface area contributed by atoms with E-state index in [9.17, 15) is 13.2 Å². The van der Waals surface area contributed by atoms with Gasteiger partial charge < -0.3 is 5.73 Å². The van der Waals surface area contributed by atoms with E-state index in [1.54, 1.807) is 12.1 Å². The zero-order chi connectivity index (χ0) is 14.1. The highest BCUT2D eigenvalue weighted by Gasteiger charge is 2.40. The third-order valence-electron chi connectivity index (χ3n) is 3.68. The molecule has 0 saturated heterocycles. The number of hydrogen-bond donors (Lipinski definition) is 1. The Balaban J connectivity index is 2.04. The van der Waals surface area contributed by atoms with E-state index in [0.717, 1.165) is 36.8 Å². The molecule has 2 N–H and O–H groups in total. The molecule has 0 spiro atoms. The van der Waals surface area contributed by atoms with Gasteiger partial charge in [0.2, 0.25) is 0 Å². The summed E-state index contributed by atoms with van der Waals surface area (Å²) in [4.78, 5) is 0.278. The second-order valence-electron chi connectivity index (χ2n) is 5.41. The zero-order valence-corrected chi connectivity index (χ0v) is 11.7. The first-order chi connectivity index (χ1) is 8.82. The van der Waals surface area contributed by atoms with Gasteiger partial charge in [-0.2, -0.15) is 13.2 Å². The van der Waals surface area contributed by atoms with Crippen molar-refractivity contribution in [3.05, 3.63) is 29.3 Å². The lowest BCUT2D eigenvalue weighted by Gasteiger charge is -2.13. The minimum absolute atomic E-state index is 0.0409. The molecule has 1 aliphatic rings. The predicted molar refractivity (Wildman–Crippen MR) is 72.1 cm³/mol. The van der Waals surface area contributed by atoms with Crippen molar-refractivity contribution in [1.82, 2.24) is 0 Å². The van der Waals surface area contributed by atoms with Crippen molar-refractivity contribution in [2.75, 3.05) is 6.54 Å². The van der Waals surface area contributed by atoms with Crippen LogP contribution in [0.15, 0.2) is 23.1 Å². The molecule has 19 heavy (non-hydrogen) atoms. The summed E-state index contributed by atoms with van der Waals surface area (Å²) in [6.45, 7) is 2.52. The van der Waals surface area contributed by atoms with Crippen LogP contribution < -0.4 is 5.73 Å². The van der Waals surface area contributed by atoms with Gasteiger partial charge in [0.05, 0.1) is 0 Å². The van der Waals surface area contributed by atoms with Crippen LogP contribution >= 0.6 is 11.8 Å². The number of rotatable bonds is 5. The van der Waals surface area contributed by atoms with E-state index < -0.39 is 5.51 Å². The quantitative estimate of drug-likeness (QED) is 0.819. The van der Waals surface area contributed by atoms with Crippen LogP contribution in [0.4, 0.5) is 13.2 Å². The third kappa shape index (κ3) is 4.42. The van der Waals surface area contributed by atoms with Gasteiger partial charge in [0.1, 0.15) is 0 Å². The monoisotopic (exact) mass is 289 g/mol. The fraction of sp³-hybridized carbons (Fsp3) is 0.571. The van der Waals surface area contributed by atoms with Gasteiger partial charge in [0, 0.05) is 4.90 Å². The Kier molecular flexibility index (Phi) is 4.16. The maximum absolute atomic E-state index is 12.4. The molecule has 0 aromatic heterocycles. The Bertz CT molecular complexity index is 452. The van der Waals surface area contributed by atoms with Crippen molar-refractivity contribution >= 4 is 11.8 Å². The molecule has 1 nitrogen and oxygen atoms in total. The molecule has 1 aliphatic carbocycles. The summed E-state index contributed by atoms with van der Waals surface area (Å²) in [5.74, 6) is 0. The molecule has 2 rings (SSSR count). The van der Waals surface area contributed by atoms with Gasteiger partial charge in [-0.1, -0.05) is 6.07 Å². The van der Waals surface area contributed by atoms with Gasteiger partial charge in [-0.05, 0) is 79.6 Å². The van der Waals surface area contributed by atoms with Crippen LogP contribution in [0, 0.1) is 12.3 Å². The van der Waals surface area contributed by atoms with Crippen molar-refractivity contribution in [2.24, 2.45) is 11.1 Å². The van der Waals surface area contributed by atoms with Crippen molar-refractivity contribution < 1.29 is 13.2 Å². The van der Waals surface area contributed by atoms with Crippen LogP contribution in [-0.2, 0) is 6.42 Å². The van der Waals surface area contributed by atoms with Gasteiger partial charge >= 0.3 is 5.51 Å². The standard InChI is InChI=1S/C14H18F3NS/c1-10-6-11(2-3-13(9-18)4-5-13)8-12(7-10)19-14(15,16)17/h6-8H,2-5,9,18H2,1H3. The summed E-state index contributed by atoms with van der Waals surface area (Å²) in [5.41, 5.74) is 3.62. The highest BCUT2D eigenvalue weighted by atomic mass is 32.2. The highest BCUT2D eigenvalue weighted by molar-refractivity contribution is 8.00. The van der Waals surface area contributed by atoms with E-state index in [2.05, 4.69) is 0 Å². The molecule has 0 heterocycles. The van der Waals surface area contributed by atoms with E-state index in [4.69, 9.17) is 5.73 Å². The molecule has 0 radical (unpaired) electrons. The Morgan fingerprint density at radius 1 is 1.26 bits per heavy atom. The van der Waals surface area contributed by atoms with E-state index in [0.29, 0.717) is 6.54 Å². The summed E-state index contributed by atoms with van der Waals surface area (Å²) in [6, 6.07) is 5.20. The molecular weight excluding hydrogens is 271 g/mol. The van der Waals surface area contributed by atoms with Gasteiger partial charge in [0.25, 0.3) is 0 Å². The van der Waals surface area contributed by atoms with Gasteiger partial charge in [-0.25, -0.2) is 0 Å². The number of thioether (sulfide) groups is 1. The molecule has 106 valence electrons. The second kappa shape index (κ2) is 5.37. The second-order valence-corrected chi connectivity index (χ2v) is 6.54. The Labute approximate surface area is 115 Å². The molecule has 1 aromatic carbocycles. The smallest absolute Gasteiger partial charge is 0.330 e. The Morgan fingerprint density at radius 2 is 1.95 bits per heavy atom. The largest absolute Gasteiger partial charge is 0.446 e. The minimum atomic E-state index is -4.22. The summed E-state index contributed by atoms with van der Waals surface area (Å²) in [6.07, 6.45) is 4.09. The van der Waals surface area contributed by atoms with Crippen LogP contribution in [0.1, 0.15) is 30.4 Å². The molecule has 0 aliphatic heterocycles. The van der Waals surface area contributed by atoms with Gasteiger partial charge in [-0.3, -0.25) is 0 Å². The van der Waals surface area contributed by atoms with E-state index in [1.165, 1.54) is 0 Å². The summed E-state index contributed by atoms with van der Waals surface area (Å²) in [5, 5.41) is 0. The molecular formula is C14H18F3NS. The van der Waals surface area contributed by atoms with Crippen LogP contribution in [0.3, 0.4) is 0 Å². The number of alkyl halides is 3. The number of nitrogens with two attached hydrogens (primary N) is 1. The van der Waals surface area contributed by atoms with Crippen molar-refractivity contribution in [2.45, 2.75) is 43.0 Å². The molecule has 0 amide bonds. The number of halogens is 3. The highest BCUT2D eigenvalue weighted by Crippen LogP contribution is 2.48. The van der Waals surface area contributed by atoms with Crippen molar-refractivity contribution in [3.8, 4) is 0 Å². The van der Waals surface area contributed by atoms with Crippen molar-refractivity contribution in [3.63, 3.8) is 0 Å². The van der Waals surface area contributed by atoms with E-state index in [-0.39, 0.29) is 22.1 Å². The Hall–Kier alpha value is -0.680. The number of aryl methyl sites for hydroxylation is 2. The van der Waals surface area contributed by atoms with Crippen LogP contribution in [0.5, 0.6) is 0 Å². The van der Waals surface area contributed by atoms with Gasteiger partial charge in [0.15, 0.2) is 0 Å². The fourth-order valence-electron chi connectivity index (χ4n) is 2.30. The minimum Gasteiger partial charge on any atom is -0.330 e. The maximum Gasteiger partial charge on any atom is 0.446 e. The lowest BCUT2D eigenvalue weighted by atomic mass is 9.96. The average molecular weight is 289 g/mol. The maximum atomic E-state index is 12.4. The molecule has 1 fully saturated rings. The first kappa shape index (κ1) is 14.7. The summed E-state index contributed by atoms with van der Waals surface area (Å²) < 4.78 is 37.2. The molecule has 0 unspecified atom stereocenters. The van der Waals surface area contributed by atoms with Crippen LogP contribution in [0.25, 0.3) is 0 Å².